The first-order chi connectivity index (χ1) is 12.3. The highest BCUT2D eigenvalue weighted by Gasteiger charge is 2.18. The molecule has 26 heavy (non-hydrogen) atoms. The van der Waals surface area contributed by atoms with Gasteiger partial charge in [-0.15, -0.1) is 0 Å². The lowest BCUT2D eigenvalue weighted by atomic mass is 10.1. The van der Waals surface area contributed by atoms with Crippen LogP contribution in [0, 0.1) is 24.0 Å². The highest BCUT2D eigenvalue weighted by Crippen LogP contribution is 2.20. The SMILES string of the molecule is Cc1cccc(C)c1NC(=O)[C@@H](C)OC(=O)/C=C/c1ccc([N+](=O)[O-])o1. The number of benzene rings is 1. The van der Waals surface area contributed by atoms with E-state index in [9.17, 15) is 19.7 Å². The Balaban J connectivity index is 1.94. The summed E-state index contributed by atoms with van der Waals surface area (Å²) in [5.74, 6) is -1.54. The number of furan rings is 1. The Morgan fingerprint density at radius 2 is 1.88 bits per heavy atom. The average molecular weight is 358 g/mol. The first-order valence-corrected chi connectivity index (χ1v) is 7.78. The van der Waals surface area contributed by atoms with Crippen molar-refractivity contribution in [3.05, 3.63) is 63.4 Å². The summed E-state index contributed by atoms with van der Waals surface area (Å²) < 4.78 is 9.91. The van der Waals surface area contributed by atoms with Crippen LogP contribution in [0.2, 0.25) is 0 Å². The number of hydrogen-bond donors (Lipinski definition) is 1. The van der Waals surface area contributed by atoms with Crippen molar-refractivity contribution in [2.24, 2.45) is 0 Å². The monoisotopic (exact) mass is 358 g/mol. The predicted molar refractivity (Wildman–Crippen MR) is 94.5 cm³/mol. The van der Waals surface area contributed by atoms with Gasteiger partial charge in [0.15, 0.2) is 6.10 Å². The van der Waals surface area contributed by atoms with Gasteiger partial charge in [-0.05, 0) is 44.0 Å². The number of nitrogens with zero attached hydrogens (tertiary/aromatic N) is 1. The lowest BCUT2D eigenvalue weighted by Gasteiger charge is -2.15. The summed E-state index contributed by atoms with van der Waals surface area (Å²) in [6, 6.07) is 8.13. The van der Waals surface area contributed by atoms with Crippen LogP contribution in [0.4, 0.5) is 11.6 Å². The second-order valence-electron chi connectivity index (χ2n) is 5.60. The molecule has 136 valence electrons. The zero-order chi connectivity index (χ0) is 19.3. The van der Waals surface area contributed by atoms with E-state index in [1.165, 1.54) is 25.1 Å². The fourth-order valence-electron chi connectivity index (χ4n) is 2.18. The van der Waals surface area contributed by atoms with Crippen LogP contribution >= 0.6 is 0 Å². The smallest absolute Gasteiger partial charge is 0.433 e. The Kier molecular flexibility index (Phi) is 5.90. The molecule has 1 heterocycles. The summed E-state index contributed by atoms with van der Waals surface area (Å²) in [5, 5.41) is 13.3. The average Bonchev–Trinajstić information content (AvgIpc) is 3.05. The molecular weight excluding hydrogens is 340 g/mol. The van der Waals surface area contributed by atoms with E-state index in [4.69, 9.17) is 9.15 Å². The molecule has 1 aromatic heterocycles. The minimum atomic E-state index is -1.02. The third kappa shape index (κ3) is 4.79. The topological polar surface area (TPSA) is 112 Å². The van der Waals surface area contributed by atoms with Crippen LogP contribution in [-0.2, 0) is 14.3 Å². The third-order valence-electron chi connectivity index (χ3n) is 3.57. The van der Waals surface area contributed by atoms with Crippen molar-refractivity contribution < 1.29 is 23.7 Å². The van der Waals surface area contributed by atoms with E-state index in [2.05, 4.69) is 5.32 Å². The molecule has 0 fully saturated rings. The second-order valence-corrected chi connectivity index (χ2v) is 5.60. The van der Waals surface area contributed by atoms with E-state index in [1.807, 2.05) is 32.0 Å². The van der Waals surface area contributed by atoms with Crippen molar-refractivity contribution in [1.29, 1.82) is 0 Å². The van der Waals surface area contributed by atoms with Crippen LogP contribution in [0.1, 0.15) is 23.8 Å². The summed E-state index contributed by atoms with van der Waals surface area (Å²) in [5.41, 5.74) is 2.48. The van der Waals surface area contributed by atoms with Crippen LogP contribution in [-0.4, -0.2) is 22.9 Å². The van der Waals surface area contributed by atoms with Crippen LogP contribution in [0.5, 0.6) is 0 Å². The summed E-state index contributed by atoms with van der Waals surface area (Å²) in [7, 11) is 0. The first kappa shape index (κ1) is 18.9. The summed E-state index contributed by atoms with van der Waals surface area (Å²) in [6.45, 7) is 5.18. The van der Waals surface area contributed by atoms with Gasteiger partial charge >= 0.3 is 11.9 Å². The van der Waals surface area contributed by atoms with Gasteiger partial charge in [0.1, 0.15) is 10.7 Å². The minimum Gasteiger partial charge on any atom is -0.449 e. The maximum absolute atomic E-state index is 12.2. The predicted octanol–water partition coefficient (Wildman–Crippen LogP) is 3.39. The van der Waals surface area contributed by atoms with Crippen molar-refractivity contribution in [1.82, 2.24) is 0 Å². The molecule has 0 aliphatic heterocycles. The first-order valence-electron chi connectivity index (χ1n) is 7.78. The number of ether oxygens (including phenoxy) is 1. The largest absolute Gasteiger partial charge is 0.449 e. The molecule has 8 nitrogen and oxygen atoms in total. The summed E-state index contributed by atoms with van der Waals surface area (Å²) in [6.07, 6.45) is 1.24. The quantitative estimate of drug-likeness (QED) is 0.367. The molecule has 2 rings (SSSR count). The van der Waals surface area contributed by atoms with E-state index in [1.54, 1.807) is 0 Å². The second kappa shape index (κ2) is 8.11. The van der Waals surface area contributed by atoms with E-state index >= 15 is 0 Å². The molecule has 0 spiro atoms. The van der Waals surface area contributed by atoms with Crippen molar-refractivity contribution in [2.75, 3.05) is 5.32 Å². The van der Waals surface area contributed by atoms with Gasteiger partial charge in [0, 0.05) is 11.8 Å². The van der Waals surface area contributed by atoms with Gasteiger partial charge in [0.25, 0.3) is 5.91 Å². The third-order valence-corrected chi connectivity index (χ3v) is 3.57. The Morgan fingerprint density at radius 1 is 1.23 bits per heavy atom. The molecule has 0 aliphatic rings. The number of esters is 1. The Bertz CT molecular complexity index is 848. The van der Waals surface area contributed by atoms with Gasteiger partial charge in [0.2, 0.25) is 0 Å². The van der Waals surface area contributed by atoms with Gasteiger partial charge in [-0.1, -0.05) is 18.2 Å². The molecule has 0 saturated carbocycles. The van der Waals surface area contributed by atoms with Gasteiger partial charge in [0.05, 0.1) is 6.07 Å². The Hall–Kier alpha value is -3.42. The molecule has 1 aromatic carbocycles. The molecule has 8 heteroatoms. The molecule has 0 radical (unpaired) electrons. The Morgan fingerprint density at radius 3 is 2.46 bits per heavy atom. The van der Waals surface area contributed by atoms with Crippen molar-refractivity contribution in [2.45, 2.75) is 26.9 Å². The number of nitro groups is 1. The van der Waals surface area contributed by atoms with Crippen LogP contribution in [0.15, 0.2) is 40.8 Å². The van der Waals surface area contributed by atoms with Crippen molar-refractivity contribution in [3.8, 4) is 0 Å². The maximum atomic E-state index is 12.2. The molecule has 2 aromatic rings. The number of nitrogens with one attached hydrogen (secondary N) is 1. The lowest BCUT2D eigenvalue weighted by molar-refractivity contribution is -0.402. The normalized spacial score (nSPS) is 12.0. The minimum absolute atomic E-state index is 0.126. The zero-order valence-electron chi connectivity index (χ0n) is 14.5. The highest BCUT2D eigenvalue weighted by atomic mass is 16.6. The van der Waals surface area contributed by atoms with Gasteiger partial charge < -0.3 is 14.5 Å². The van der Waals surface area contributed by atoms with Gasteiger partial charge in [-0.2, -0.15) is 0 Å². The molecule has 0 unspecified atom stereocenters. The molecule has 1 N–H and O–H groups in total. The molecule has 0 aliphatic carbocycles. The van der Waals surface area contributed by atoms with Gasteiger partial charge in [-0.3, -0.25) is 14.9 Å². The zero-order valence-corrected chi connectivity index (χ0v) is 14.5. The van der Waals surface area contributed by atoms with Crippen LogP contribution in [0.25, 0.3) is 6.08 Å². The van der Waals surface area contributed by atoms with Crippen molar-refractivity contribution in [3.63, 3.8) is 0 Å². The van der Waals surface area contributed by atoms with E-state index < -0.39 is 28.8 Å². The van der Waals surface area contributed by atoms with E-state index in [-0.39, 0.29) is 5.76 Å². The summed E-state index contributed by atoms with van der Waals surface area (Å²) in [4.78, 5) is 33.8. The number of carbonyl (C=O) groups excluding carboxylic acids is 2. The number of hydrogen-bond acceptors (Lipinski definition) is 6. The maximum Gasteiger partial charge on any atom is 0.433 e. The number of aryl methyl sites for hydroxylation is 2. The van der Waals surface area contributed by atoms with E-state index in [0.29, 0.717) is 5.69 Å². The van der Waals surface area contributed by atoms with Gasteiger partial charge in [-0.25, -0.2) is 4.79 Å². The molecule has 0 bridgehead atoms. The molecule has 1 atom stereocenters. The Labute approximate surface area is 149 Å². The molecule has 0 saturated heterocycles. The highest BCUT2D eigenvalue weighted by molar-refractivity contribution is 5.97. The number of anilines is 1. The number of para-hydroxylation sites is 1. The molecule has 1 amide bonds. The molecular formula is C18H18N2O6. The standard InChI is InChI=1S/C18H18N2O6/c1-11-5-4-6-12(2)17(11)19-18(22)13(3)25-16(21)10-8-14-7-9-15(26-14)20(23)24/h4-10,13H,1-3H3,(H,19,22)/b10-8+/t13-/m1/s1. The lowest BCUT2D eigenvalue weighted by Crippen LogP contribution is -2.30. The number of amides is 1. The fourth-order valence-corrected chi connectivity index (χ4v) is 2.18. The fraction of sp³-hybridized carbons (Fsp3) is 0.222. The van der Waals surface area contributed by atoms with Crippen LogP contribution < -0.4 is 5.32 Å². The summed E-state index contributed by atoms with van der Waals surface area (Å²) >= 11 is 0. The number of carbonyl (C=O) groups is 2. The van der Waals surface area contributed by atoms with Crippen LogP contribution in [0.3, 0.4) is 0 Å². The van der Waals surface area contributed by atoms with E-state index in [0.717, 1.165) is 17.2 Å². The van der Waals surface area contributed by atoms with Crippen molar-refractivity contribution >= 4 is 29.5 Å². The number of rotatable bonds is 6.